The van der Waals surface area contributed by atoms with Crippen LogP contribution in [0.1, 0.15) is 35.6 Å². The molecule has 156 valence electrons. The number of aromatic nitrogens is 1. The number of likely N-dealkylation sites (tertiary alicyclic amines) is 1. The van der Waals surface area contributed by atoms with Gasteiger partial charge in [-0.1, -0.05) is 66.7 Å². The molecule has 0 bridgehead atoms. The molecule has 2 fully saturated rings. The molecule has 3 aromatic rings. The van der Waals surface area contributed by atoms with E-state index < -0.39 is 5.54 Å². The van der Waals surface area contributed by atoms with Crippen molar-refractivity contribution < 1.29 is 9.59 Å². The van der Waals surface area contributed by atoms with Crippen molar-refractivity contribution in [2.45, 2.75) is 24.4 Å². The van der Waals surface area contributed by atoms with Gasteiger partial charge in [0, 0.05) is 25.0 Å². The lowest BCUT2D eigenvalue weighted by atomic mass is 9.83. The number of nitrogens with one attached hydrogen (secondary N) is 1. The molecule has 2 saturated heterocycles. The summed E-state index contributed by atoms with van der Waals surface area (Å²) in [4.78, 5) is 34.8. The quantitative estimate of drug-likeness (QED) is 0.650. The Morgan fingerprint density at radius 2 is 1.61 bits per heavy atom. The summed E-state index contributed by atoms with van der Waals surface area (Å²) in [7, 11) is 0. The molecule has 3 amide bonds. The lowest BCUT2D eigenvalue weighted by Gasteiger charge is -2.30. The Kier molecular flexibility index (Phi) is 5.00. The number of carbonyl (C=O) groups excluding carboxylic acids is 2. The summed E-state index contributed by atoms with van der Waals surface area (Å²) in [5.41, 5.74) is 1.41. The van der Waals surface area contributed by atoms with E-state index in [1.165, 1.54) is 4.90 Å². The summed E-state index contributed by atoms with van der Waals surface area (Å²) in [5, 5.41) is 3.03. The number of hydrogen-bond donors (Lipinski definition) is 1. The van der Waals surface area contributed by atoms with Gasteiger partial charge in [0.05, 0.1) is 6.67 Å². The topological polar surface area (TPSA) is 65.5 Å². The molecule has 31 heavy (non-hydrogen) atoms. The maximum Gasteiger partial charge on any atom is 0.326 e. The number of rotatable bonds is 5. The van der Waals surface area contributed by atoms with E-state index in [0.717, 1.165) is 36.1 Å². The average molecular weight is 412 g/mol. The highest BCUT2D eigenvalue weighted by atomic mass is 16.2. The fraction of sp³-hybridized carbons (Fsp3) is 0.240. The normalized spacial score (nSPS) is 20.8. The van der Waals surface area contributed by atoms with Crippen LogP contribution < -0.4 is 5.32 Å². The van der Waals surface area contributed by atoms with Crippen molar-refractivity contribution >= 4 is 11.9 Å². The third-order valence-electron chi connectivity index (χ3n) is 6.28. The highest BCUT2D eigenvalue weighted by molar-refractivity contribution is 6.09. The predicted molar refractivity (Wildman–Crippen MR) is 117 cm³/mol. The second-order valence-corrected chi connectivity index (χ2v) is 8.04. The molecule has 2 aliphatic rings. The Bertz CT molecular complexity index is 1030. The van der Waals surface area contributed by atoms with Crippen LogP contribution in [-0.2, 0) is 10.3 Å². The Labute approximate surface area is 181 Å². The highest BCUT2D eigenvalue weighted by Gasteiger charge is 2.54. The number of nitrogens with zero attached hydrogens (tertiary/aromatic N) is 3. The van der Waals surface area contributed by atoms with Crippen LogP contribution in [0.15, 0.2) is 85.2 Å². The SMILES string of the molecule is O=C1NC(c2ccccc2)(c2ccccc2)C(=O)N1CN1CCCC1c1cccnc1. The third kappa shape index (κ3) is 3.29. The summed E-state index contributed by atoms with van der Waals surface area (Å²) in [6, 6.07) is 22.7. The first-order valence-corrected chi connectivity index (χ1v) is 10.6. The zero-order valence-electron chi connectivity index (χ0n) is 17.1. The summed E-state index contributed by atoms with van der Waals surface area (Å²) in [5.74, 6) is -0.244. The largest absolute Gasteiger partial charge is 0.326 e. The number of imide groups is 1. The minimum Gasteiger partial charge on any atom is -0.315 e. The maximum absolute atomic E-state index is 13.9. The van der Waals surface area contributed by atoms with Crippen LogP contribution in [0.25, 0.3) is 0 Å². The molecule has 1 unspecified atom stereocenters. The molecule has 1 atom stereocenters. The molecule has 6 heteroatoms. The van der Waals surface area contributed by atoms with Crippen LogP contribution in [0.2, 0.25) is 0 Å². The van der Waals surface area contributed by atoms with Crippen LogP contribution in [0.5, 0.6) is 0 Å². The maximum atomic E-state index is 13.9. The summed E-state index contributed by atoms with van der Waals surface area (Å²) >= 11 is 0. The van der Waals surface area contributed by atoms with Gasteiger partial charge in [-0.25, -0.2) is 9.69 Å². The van der Waals surface area contributed by atoms with E-state index in [1.807, 2.05) is 72.9 Å². The molecule has 1 aromatic heterocycles. The molecular formula is C25H24N4O2. The first-order valence-electron chi connectivity index (χ1n) is 10.6. The van der Waals surface area contributed by atoms with E-state index in [4.69, 9.17) is 0 Å². The number of amides is 3. The number of pyridine rings is 1. The summed E-state index contributed by atoms with van der Waals surface area (Å²) in [6.07, 6.45) is 5.63. The lowest BCUT2D eigenvalue weighted by molar-refractivity contribution is -0.131. The summed E-state index contributed by atoms with van der Waals surface area (Å²) < 4.78 is 0. The van der Waals surface area contributed by atoms with Gasteiger partial charge < -0.3 is 5.32 Å². The number of benzene rings is 2. The fourth-order valence-corrected chi connectivity index (χ4v) is 4.77. The van der Waals surface area contributed by atoms with Gasteiger partial charge in [-0.3, -0.25) is 14.7 Å². The average Bonchev–Trinajstić information content (AvgIpc) is 3.39. The van der Waals surface area contributed by atoms with Crippen LogP contribution in [0.3, 0.4) is 0 Å². The number of urea groups is 1. The van der Waals surface area contributed by atoms with E-state index in [9.17, 15) is 9.59 Å². The van der Waals surface area contributed by atoms with Crippen molar-refractivity contribution in [1.82, 2.24) is 20.1 Å². The van der Waals surface area contributed by atoms with Gasteiger partial charge in [-0.15, -0.1) is 0 Å². The van der Waals surface area contributed by atoms with E-state index in [0.29, 0.717) is 0 Å². The molecule has 2 aromatic carbocycles. The van der Waals surface area contributed by atoms with E-state index in [-0.39, 0.29) is 24.6 Å². The molecule has 5 rings (SSSR count). The van der Waals surface area contributed by atoms with Crippen LogP contribution >= 0.6 is 0 Å². The highest BCUT2D eigenvalue weighted by Crippen LogP contribution is 2.38. The first-order chi connectivity index (χ1) is 15.2. The molecule has 0 spiro atoms. The molecular weight excluding hydrogens is 388 g/mol. The first kappa shape index (κ1) is 19.5. The van der Waals surface area contributed by atoms with Crippen molar-refractivity contribution in [3.05, 3.63) is 102 Å². The van der Waals surface area contributed by atoms with E-state index in [1.54, 1.807) is 6.20 Å². The zero-order chi connectivity index (χ0) is 21.3. The van der Waals surface area contributed by atoms with Crippen molar-refractivity contribution in [3.8, 4) is 0 Å². The number of hydrogen-bond acceptors (Lipinski definition) is 4. The third-order valence-corrected chi connectivity index (χ3v) is 6.28. The van der Waals surface area contributed by atoms with Gasteiger partial charge in [0.1, 0.15) is 0 Å². The van der Waals surface area contributed by atoms with Crippen molar-refractivity contribution in [3.63, 3.8) is 0 Å². The summed E-state index contributed by atoms with van der Waals surface area (Å²) in [6.45, 7) is 1.09. The van der Waals surface area contributed by atoms with Gasteiger partial charge in [0.25, 0.3) is 5.91 Å². The van der Waals surface area contributed by atoms with Crippen LogP contribution in [0.4, 0.5) is 4.79 Å². The van der Waals surface area contributed by atoms with Crippen molar-refractivity contribution in [2.24, 2.45) is 0 Å². The Balaban J connectivity index is 1.49. The van der Waals surface area contributed by atoms with Gasteiger partial charge in [0.15, 0.2) is 5.54 Å². The van der Waals surface area contributed by atoms with Crippen molar-refractivity contribution in [2.75, 3.05) is 13.2 Å². The zero-order valence-corrected chi connectivity index (χ0v) is 17.1. The molecule has 0 aliphatic carbocycles. The minimum atomic E-state index is -1.22. The molecule has 0 radical (unpaired) electrons. The Hall–Kier alpha value is -3.51. The van der Waals surface area contributed by atoms with Gasteiger partial charge in [-0.05, 0) is 35.6 Å². The van der Waals surface area contributed by atoms with Crippen LogP contribution in [-0.4, -0.2) is 39.9 Å². The van der Waals surface area contributed by atoms with E-state index >= 15 is 0 Å². The monoisotopic (exact) mass is 412 g/mol. The standard InChI is InChI=1S/C25H24N4O2/c30-23-25(20-10-3-1-4-11-20,21-12-5-2-6-13-21)27-24(31)29(23)18-28-16-8-14-22(28)19-9-7-15-26-17-19/h1-7,9-13,15,17,22H,8,14,16,18H2,(H,27,31). The minimum absolute atomic E-state index is 0.151. The molecule has 0 saturated carbocycles. The molecule has 2 aliphatic heterocycles. The van der Waals surface area contributed by atoms with Crippen molar-refractivity contribution in [1.29, 1.82) is 0 Å². The second kappa shape index (κ2) is 7.96. The predicted octanol–water partition coefficient (Wildman–Crippen LogP) is 3.67. The number of carbonyl (C=O) groups is 2. The Morgan fingerprint density at radius 1 is 0.935 bits per heavy atom. The molecule has 6 nitrogen and oxygen atoms in total. The lowest BCUT2D eigenvalue weighted by Crippen LogP contribution is -2.46. The van der Waals surface area contributed by atoms with Gasteiger partial charge in [0.2, 0.25) is 0 Å². The molecule has 3 heterocycles. The fourth-order valence-electron chi connectivity index (χ4n) is 4.77. The Morgan fingerprint density at radius 3 is 2.23 bits per heavy atom. The smallest absolute Gasteiger partial charge is 0.315 e. The second-order valence-electron chi connectivity index (χ2n) is 8.04. The van der Waals surface area contributed by atoms with E-state index in [2.05, 4.69) is 21.3 Å². The van der Waals surface area contributed by atoms with Gasteiger partial charge in [-0.2, -0.15) is 0 Å². The molecule has 1 N–H and O–H groups in total. The van der Waals surface area contributed by atoms with Crippen LogP contribution in [0, 0.1) is 0 Å². The van der Waals surface area contributed by atoms with Gasteiger partial charge >= 0.3 is 6.03 Å².